The first kappa shape index (κ1) is 13.0. The number of nitrogens with one attached hydrogen (secondary N) is 1. The van der Waals surface area contributed by atoms with Gasteiger partial charge >= 0.3 is 0 Å². The summed E-state index contributed by atoms with van der Waals surface area (Å²) < 4.78 is 0. The van der Waals surface area contributed by atoms with Gasteiger partial charge in [-0.2, -0.15) is 0 Å². The molecule has 1 saturated heterocycles. The number of carbonyl (C=O) groups excluding carboxylic acids is 2. The van der Waals surface area contributed by atoms with Crippen molar-refractivity contribution < 1.29 is 19.6 Å². The zero-order chi connectivity index (χ0) is 14.0. The van der Waals surface area contributed by atoms with Crippen molar-refractivity contribution in [2.24, 2.45) is 0 Å². The van der Waals surface area contributed by atoms with Crippen LogP contribution in [0.25, 0.3) is 0 Å². The first-order valence-electron chi connectivity index (χ1n) is 5.47. The Kier molecular flexibility index (Phi) is 3.43. The minimum Gasteiger partial charge on any atom is -0.391 e. The van der Waals surface area contributed by atoms with Crippen LogP contribution in [0.15, 0.2) is 18.2 Å². The van der Waals surface area contributed by atoms with Crippen LogP contribution in [-0.4, -0.2) is 34.9 Å². The lowest BCUT2D eigenvalue weighted by molar-refractivity contribution is -0.385. The third kappa shape index (κ3) is 2.68. The average Bonchev–Trinajstić information content (AvgIpc) is 2.36. The number of hydrogen-bond acceptors (Lipinski definition) is 6. The molecule has 0 spiro atoms. The molecule has 0 bridgehead atoms. The predicted octanol–water partition coefficient (Wildman–Crippen LogP) is -0.450. The molecule has 0 atom stereocenters. The quantitative estimate of drug-likeness (QED) is 0.435. The van der Waals surface area contributed by atoms with Crippen LogP contribution < -0.4 is 10.2 Å². The molecule has 8 nitrogen and oxygen atoms in total. The Hall–Kier alpha value is -2.48. The zero-order valence-corrected chi connectivity index (χ0v) is 9.83. The average molecular weight is 265 g/mol. The number of piperazine rings is 1. The van der Waals surface area contributed by atoms with E-state index in [0.717, 1.165) is 0 Å². The number of benzene rings is 1. The van der Waals surface area contributed by atoms with Crippen molar-refractivity contribution in [3.63, 3.8) is 0 Å². The highest BCUT2D eigenvalue weighted by molar-refractivity contribution is 6.02. The lowest BCUT2D eigenvalue weighted by Gasteiger charge is -2.27. The van der Waals surface area contributed by atoms with Gasteiger partial charge in [0.1, 0.15) is 0 Å². The van der Waals surface area contributed by atoms with Gasteiger partial charge in [0, 0.05) is 11.8 Å². The van der Waals surface area contributed by atoms with Crippen molar-refractivity contribution in [3.05, 3.63) is 33.9 Å². The SMILES string of the molecule is O=C1CN(c2ccc([N+](=O)[O-])c(CO)c2)CC(=O)N1. The van der Waals surface area contributed by atoms with Gasteiger partial charge in [-0.1, -0.05) is 0 Å². The fourth-order valence-electron chi connectivity index (χ4n) is 1.89. The van der Waals surface area contributed by atoms with Crippen LogP contribution in [-0.2, 0) is 16.2 Å². The second-order valence-electron chi connectivity index (χ2n) is 4.06. The summed E-state index contributed by atoms with van der Waals surface area (Å²) in [5, 5.41) is 22.0. The third-order valence-corrected chi connectivity index (χ3v) is 2.74. The number of amides is 2. The topological polar surface area (TPSA) is 113 Å². The Morgan fingerprint density at radius 1 is 1.32 bits per heavy atom. The smallest absolute Gasteiger partial charge is 0.275 e. The molecule has 0 radical (unpaired) electrons. The summed E-state index contributed by atoms with van der Waals surface area (Å²) in [5.41, 5.74) is 0.429. The number of nitro groups is 1. The van der Waals surface area contributed by atoms with E-state index in [1.807, 2.05) is 0 Å². The van der Waals surface area contributed by atoms with Gasteiger partial charge in [-0.3, -0.25) is 25.0 Å². The third-order valence-electron chi connectivity index (χ3n) is 2.74. The highest BCUT2D eigenvalue weighted by atomic mass is 16.6. The summed E-state index contributed by atoms with van der Waals surface area (Å²) in [4.78, 5) is 34.1. The number of imide groups is 1. The Labute approximate surface area is 107 Å². The second kappa shape index (κ2) is 5.02. The molecule has 0 saturated carbocycles. The van der Waals surface area contributed by atoms with Crippen LogP contribution >= 0.6 is 0 Å². The molecule has 0 unspecified atom stereocenters. The van der Waals surface area contributed by atoms with Crippen molar-refractivity contribution in [2.75, 3.05) is 18.0 Å². The Morgan fingerprint density at radius 2 is 1.95 bits per heavy atom. The van der Waals surface area contributed by atoms with E-state index in [4.69, 9.17) is 5.11 Å². The largest absolute Gasteiger partial charge is 0.391 e. The zero-order valence-electron chi connectivity index (χ0n) is 9.83. The minimum atomic E-state index is -0.594. The molecule has 1 aromatic rings. The summed E-state index contributed by atoms with van der Waals surface area (Å²) in [6, 6.07) is 4.10. The molecule has 100 valence electrons. The van der Waals surface area contributed by atoms with Gasteiger partial charge in [0.2, 0.25) is 11.8 Å². The van der Waals surface area contributed by atoms with Crippen LogP contribution in [0.1, 0.15) is 5.56 Å². The van der Waals surface area contributed by atoms with E-state index < -0.39 is 23.3 Å². The number of nitro benzene ring substituents is 1. The standard InChI is InChI=1S/C11H11N3O5/c15-6-7-3-8(1-2-9(7)14(18)19)13-4-10(16)12-11(17)5-13/h1-3,15H,4-6H2,(H,12,16,17). The molecular formula is C11H11N3O5. The Bertz CT molecular complexity index is 541. The van der Waals surface area contributed by atoms with E-state index in [2.05, 4.69) is 5.32 Å². The van der Waals surface area contributed by atoms with Crippen LogP contribution in [0.2, 0.25) is 0 Å². The number of rotatable bonds is 3. The monoisotopic (exact) mass is 265 g/mol. The number of aliphatic hydroxyl groups is 1. The first-order chi connectivity index (χ1) is 9.01. The predicted molar refractivity (Wildman–Crippen MR) is 64.4 cm³/mol. The molecular weight excluding hydrogens is 254 g/mol. The summed E-state index contributed by atoms with van der Waals surface area (Å²) in [6.45, 7) is -0.499. The number of hydrogen-bond donors (Lipinski definition) is 2. The molecule has 8 heteroatoms. The molecule has 2 N–H and O–H groups in total. The lowest BCUT2D eigenvalue weighted by atomic mass is 10.1. The van der Waals surface area contributed by atoms with Crippen LogP contribution in [0.4, 0.5) is 11.4 Å². The fourth-order valence-corrected chi connectivity index (χ4v) is 1.89. The molecule has 2 amide bonds. The van der Waals surface area contributed by atoms with E-state index in [9.17, 15) is 19.7 Å². The maximum absolute atomic E-state index is 11.3. The lowest BCUT2D eigenvalue weighted by Crippen LogP contribution is -2.51. The molecule has 1 fully saturated rings. The molecule has 1 aliphatic rings. The van der Waals surface area contributed by atoms with Crippen LogP contribution in [0.5, 0.6) is 0 Å². The van der Waals surface area contributed by atoms with E-state index in [1.165, 1.54) is 23.1 Å². The maximum Gasteiger partial charge on any atom is 0.275 e. The van der Waals surface area contributed by atoms with Crippen LogP contribution in [0.3, 0.4) is 0 Å². The van der Waals surface area contributed by atoms with Gasteiger partial charge in [0.25, 0.3) is 5.69 Å². The van der Waals surface area contributed by atoms with E-state index in [1.54, 1.807) is 0 Å². The molecule has 1 aliphatic heterocycles. The molecule has 19 heavy (non-hydrogen) atoms. The summed E-state index contributed by atoms with van der Waals surface area (Å²) in [5.74, 6) is -0.861. The van der Waals surface area contributed by atoms with Gasteiger partial charge in [-0.15, -0.1) is 0 Å². The van der Waals surface area contributed by atoms with Gasteiger partial charge < -0.3 is 10.0 Å². The van der Waals surface area contributed by atoms with Crippen molar-refractivity contribution in [3.8, 4) is 0 Å². The van der Waals surface area contributed by atoms with E-state index in [-0.39, 0.29) is 24.3 Å². The molecule has 0 aromatic heterocycles. The van der Waals surface area contributed by atoms with Crippen LogP contribution in [0, 0.1) is 10.1 Å². The first-order valence-corrected chi connectivity index (χ1v) is 5.47. The van der Waals surface area contributed by atoms with Crippen molar-refractivity contribution >= 4 is 23.2 Å². The Balaban J connectivity index is 2.33. The maximum atomic E-state index is 11.3. The molecule has 1 aromatic carbocycles. The Morgan fingerprint density at radius 3 is 2.47 bits per heavy atom. The number of carbonyl (C=O) groups is 2. The highest BCUT2D eigenvalue weighted by Gasteiger charge is 2.24. The van der Waals surface area contributed by atoms with Gasteiger partial charge in [0.05, 0.1) is 30.2 Å². The van der Waals surface area contributed by atoms with Gasteiger partial charge in [0.15, 0.2) is 0 Å². The van der Waals surface area contributed by atoms with Crippen molar-refractivity contribution in [2.45, 2.75) is 6.61 Å². The van der Waals surface area contributed by atoms with E-state index in [0.29, 0.717) is 5.69 Å². The molecule has 1 heterocycles. The summed E-state index contributed by atoms with van der Waals surface area (Å²) >= 11 is 0. The second-order valence-corrected chi connectivity index (χ2v) is 4.06. The normalized spacial score (nSPS) is 15.3. The summed E-state index contributed by atoms with van der Waals surface area (Å²) in [6.07, 6.45) is 0. The minimum absolute atomic E-state index is 0.00554. The van der Waals surface area contributed by atoms with Gasteiger partial charge in [-0.05, 0) is 12.1 Å². The summed E-state index contributed by atoms with van der Waals surface area (Å²) in [7, 11) is 0. The fraction of sp³-hybridized carbons (Fsp3) is 0.273. The molecule has 0 aliphatic carbocycles. The number of aliphatic hydroxyl groups excluding tert-OH is 1. The number of anilines is 1. The van der Waals surface area contributed by atoms with Gasteiger partial charge in [-0.25, -0.2) is 0 Å². The molecule has 2 rings (SSSR count). The van der Waals surface area contributed by atoms with Crippen molar-refractivity contribution in [1.29, 1.82) is 0 Å². The van der Waals surface area contributed by atoms with E-state index >= 15 is 0 Å². The van der Waals surface area contributed by atoms with Crippen molar-refractivity contribution in [1.82, 2.24) is 5.32 Å². The highest BCUT2D eigenvalue weighted by Crippen LogP contribution is 2.25. The number of nitrogens with zero attached hydrogens (tertiary/aromatic N) is 2.